The molecule has 0 spiro atoms. The van der Waals surface area contributed by atoms with Crippen LogP contribution in [0.4, 0.5) is 0 Å². The van der Waals surface area contributed by atoms with Gasteiger partial charge in [-0.3, -0.25) is 0 Å². The number of hydrogen-bond acceptors (Lipinski definition) is 0. The Balaban J connectivity index is 3.69. The molecule has 0 aliphatic rings. The Hall–Kier alpha value is -0.780. The molecule has 0 nitrogen and oxygen atoms in total. The van der Waals surface area contributed by atoms with Gasteiger partial charge < -0.3 is 0 Å². The first kappa shape index (κ1) is 11.2. The molecule has 0 aliphatic heterocycles. The Morgan fingerprint density at radius 2 is 2.08 bits per heavy atom. The van der Waals surface area contributed by atoms with Crippen molar-refractivity contribution in [2.24, 2.45) is 0 Å². The van der Waals surface area contributed by atoms with E-state index in [1.54, 1.807) is 0 Å². The summed E-state index contributed by atoms with van der Waals surface area (Å²) in [5.41, 5.74) is 1.42. The van der Waals surface area contributed by atoms with E-state index >= 15 is 0 Å². The van der Waals surface area contributed by atoms with Crippen molar-refractivity contribution in [3.63, 3.8) is 0 Å². The Labute approximate surface area is 76.7 Å². The molecule has 68 valence electrons. The molecule has 0 N–H and O–H groups in total. The van der Waals surface area contributed by atoms with Gasteiger partial charge in [-0.1, -0.05) is 56.2 Å². The summed E-state index contributed by atoms with van der Waals surface area (Å²) in [5, 5.41) is 0. The van der Waals surface area contributed by atoms with Crippen LogP contribution < -0.4 is 0 Å². The first-order valence-corrected chi connectivity index (χ1v) is 4.79. The summed E-state index contributed by atoms with van der Waals surface area (Å²) in [7, 11) is 0. The van der Waals surface area contributed by atoms with Gasteiger partial charge in [-0.15, -0.1) is 0 Å². The van der Waals surface area contributed by atoms with Crippen LogP contribution in [0.1, 0.15) is 39.5 Å². The van der Waals surface area contributed by atoms with Gasteiger partial charge in [0.25, 0.3) is 0 Å². The maximum atomic E-state index is 3.65. The van der Waals surface area contributed by atoms with Gasteiger partial charge >= 0.3 is 0 Å². The predicted octanol–water partition coefficient (Wildman–Crippen LogP) is 4.26. The first-order chi connectivity index (χ1) is 5.85. The van der Waals surface area contributed by atoms with Crippen molar-refractivity contribution in [2.75, 3.05) is 0 Å². The topological polar surface area (TPSA) is 0 Å². The molecular weight excluding hydrogens is 144 g/mol. The van der Waals surface area contributed by atoms with Gasteiger partial charge in [0.2, 0.25) is 0 Å². The van der Waals surface area contributed by atoms with E-state index in [0.717, 1.165) is 0 Å². The van der Waals surface area contributed by atoms with Gasteiger partial charge in [-0.2, -0.15) is 0 Å². The molecule has 0 bridgehead atoms. The third-order valence-corrected chi connectivity index (χ3v) is 1.89. The minimum absolute atomic E-state index is 1.20. The number of unbranched alkanes of at least 4 members (excludes halogenated alkanes) is 2. The van der Waals surface area contributed by atoms with Crippen molar-refractivity contribution in [1.82, 2.24) is 0 Å². The largest absolute Gasteiger partial charge is 0.0991 e. The molecule has 0 aromatic rings. The minimum atomic E-state index is 1.20. The van der Waals surface area contributed by atoms with Crippen LogP contribution in [0.2, 0.25) is 0 Å². The summed E-state index contributed by atoms with van der Waals surface area (Å²) in [5.74, 6) is 0. The summed E-state index contributed by atoms with van der Waals surface area (Å²) in [6, 6.07) is 0. The summed E-state index contributed by atoms with van der Waals surface area (Å²) in [6.45, 7) is 7.97. The lowest BCUT2D eigenvalue weighted by atomic mass is 10.1. The van der Waals surface area contributed by atoms with Gasteiger partial charge in [0.1, 0.15) is 0 Å². The zero-order valence-electron chi connectivity index (χ0n) is 8.34. The van der Waals surface area contributed by atoms with Gasteiger partial charge in [-0.05, 0) is 19.8 Å². The van der Waals surface area contributed by atoms with Gasteiger partial charge in [0.15, 0.2) is 0 Å². The zero-order valence-corrected chi connectivity index (χ0v) is 8.34. The highest BCUT2D eigenvalue weighted by Crippen LogP contribution is 2.09. The highest BCUT2D eigenvalue weighted by atomic mass is 14.0. The Morgan fingerprint density at radius 1 is 1.33 bits per heavy atom. The summed E-state index contributed by atoms with van der Waals surface area (Å²) in [6.07, 6.45) is 13.3. The van der Waals surface area contributed by atoms with Crippen molar-refractivity contribution in [3.05, 3.63) is 36.5 Å². The Bertz CT molecular complexity index is 161. The van der Waals surface area contributed by atoms with Crippen molar-refractivity contribution < 1.29 is 0 Å². The fourth-order valence-electron chi connectivity index (χ4n) is 1.09. The molecule has 0 amide bonds. The summed E-state index contributed by atoms with van der Waals surface area (Å²) >= 11 is 0. The lowest BCUT2D eigenvalue weighted by Gasteiger charge is -1.99. The van der Waals surface area contributed by atoms with Crippen molar-refractivity contribution in [2.45, 2.75) is 39.5 Å². The number of allylic oxidation sites excluding steroid dienone is 5. The molecule has 0 rings (SSSR count). The van der Waals surface area contributed by atoms with Gasteiger partial charge in [0.05, 0.1) is 0 Å². The van der Waals surface area contributed by atoms with E-state index in [4.69, 9.17) is 0 Å². The second-order valence-electron chi connectivity index (χ2n) is 2.92. The van der Waals surface area contributed by atoms with Crippen LogP contribution in [0.25, 0.3) is 0 Å². The zero-order chi connectivity index (χ0) is 9.23. The molecule has 12 heavy (non-hydrogen) atoms. The van der Waals surface area contributed by atoms with Crippen LogP contribution in [0.15, 0.2) is 36.5 Å². The molecule has 0 fully saturated rings. The van der Waals surface area contributed by atoms with E-state index in [1.807, 2.05) is 12.2 Å². The maximum Gasteiger partial charge on any atom is -0.0282 e. The molecule has 0 heterocycles. The van der Waals surface area contributed by atoms with E-state index in [0.29, 0.717) is 0 Å². The van der Waals surface area contributed by atoms with E-state index in [2.05, 4.69) is 32.6 Å². The molecular formula is C12H20. The summed E-state index contributed by atoms with van der Waals surface area (Å²) in [4.78, 5) is 0. The minimum Gasteiger partial charge on any atom is -0.0991 e. The maximum absolute atomic E-state index is 3.65. The number of rotatable bonds is 6. The van der Waals surface area contributed by atoms with Gasteiger partial charge in [0, 0.05) is 0 Å². The Kier molecular flexibility index (Phi) is 7.78. The quantitative estimate of drug-likeness (QED) is 0.406. The molecule has 0 heteroatoms. The molecule has 0 atom stereocenters. The fourth-order valence-corrected chi connectivity index (χ4v) is 1.09. The Morgan fingerprint density at radius 3 is 2.58 bits per heavy atom. The van der Waals surface area contributed by atoms with Crippen molar-refractivity contribution in [1.29, 1.82) is 0 Å². The van der Waals surface area contributed by atoms with E-state index in [1.165, 1.54) is 31.3 Å². The standard InChI is InChI=1S/C12H20/c1-4-7-9-11-12(6-3)10-8-5-2/h5-6,8,10H,2,4,7,9,11H2,1,3H3/b10-8-,12-6+. The predicted molar refractivity (Wildman–Crippen MR) is 57.2 cm³/mol. The van der Waals surface area contributed by atoms with Crippen LogP contribution in [0.3, 0.4) is 0 Å². The average Bonchev–Trinajstić information content (AvgIpc) is 2.11. The smallest absolute Gasteiger partial charge is 0.0282 e. The van der Waals surface area contributed by atoms with E-state index in [9.17, 15) is 0 Å². The molecule has 0 saturated carbocycles. The fraction of sp³-hybridized carbons (Fsp3) is 0.500. The lowest BCUT2D eigenvalue weighted by molar-refractivity contribution is 0.719. The lowest BCUT2D eigenvalue weighted by Crippen LogP contribution is -1.79. The normalized spacial score (nSPS) is 12.3. The van der Waals surface area contributed by atoms with E-state index in [-0.39, 0.29) is 0 Å². The molecule has 0 aliphatic carbocycles. The average molecular weight is 164 g/mol. The number of hydrogen-bond donors (Lipinski definition) is 0. The molecule has 0 radical (unpaired) electrons. The second-order valence-corrected chi connectivity index (χ2v) is 2.92. The third kappa shape index (κ3) is 5.96. The van der Waals surface area contributed by atoms with Crippen LogP contribution in [0.5, 0.6) is 0 Å². The summed E-state index contributed by atoms with van der Waals surface area (Å²) < 4.78 is 0. The molecule has 0 aromatic heterocycles. The van der Waals surface area contributed by atoms with Crippen molar-refractivity contribution >= 4 is 0 Å². The molecule has 0 unspecified atom stereocenters. The first-order valence-electron chi connectivity index (χ1n) is 4.79. The molecule has 0 saturated heterocycles. The van der Waals surface area contributed by atoms with Crippen molar-refractivity contribution in [3.8, 4) is 0 Å². The second kappa shape index (κ2) is 8.32. The van der Waals surface area contributed by atoms with Gasteiger partial charge in [-0.25, -0.2) is 0 Å². The monoisotopic (exact) mass is 164 g/mol. The highest BCUT2D eigenvalue weighted by Gasteiger charge is 1.89. The van der Waals surface area contributed by atoms with Crippen LogP contribution in [-0.2, 0) is 0 Å². The highest BCUT2D eigenvalue weighted by molar-refractivity contribution is 5.20. The SMILES string of the molecule is C=C/C=C\C(=C/C)CCCCC. The van der Waals surface area contributed by atoms with Crippen LogP contribution in [-0.4, -0.2) is 0 Å². The van der Waals surface area contributed by atoms with E-state index < -0.39 is 0 Å². The van der Waals surface area contributed by atoms with Crippen LogP contribution in [0, 0.1) is 0 Å². The van der Waals surface area contributed by atoms with Crippen LogP contribution >= 0.6 is 0 Å². The third-order valence-electron chi connectivity index (χ3n) is 1.89. The molecule has 0 aromatic carbocycles.